The van der Waals surface area contributed by atoms with Crippen LogP contribution in [0.25, 0.3) is 0 Å². The summed E-state index contributed by atoms with van der Waals surface area (Å²) in [4.78, 5) is 42.0. The number of aryl methyl sites for hydroxylation is 1. The van der Waals surface area contributed by atoms with E-state index in [0.717, 1.165) is 10.6 Å². The highest BCUT2D eigenvalue weighted by atomic mass is 32.1. The molecule has 0 spiro atoms. The average molecular weight is 315 g/mol. The minimum atomic E-state index is -0.906. The lowest BCUT2D eigenvalue weighted by atomic mass is 10.1. The number of hydrogen-bond donors (Lipinski definition) is 1. The number of imide groups is 1. The quantitative estimate of drug-likeness (QED) is 0.879. The van der Waals surface area contributed by atoms with Gasteiger partial charge in [-0.15, -0.1) is 11.3 Å². The van der Waals surface area contributed by atoms with Gasteiger partial charge in [0.15, 0.2) is 5.13 Å². The summed E-state index contributed by atoms with van der Waals surface area (Å²) in [5.41, 5.74) is 1.46. The Morgan fingerprint density at radius 1 is 1.23 bits per heavy atom. The lowest BCUT2D eigenvalue weighted by Gasteiger charge is -2.21. The maximum Gasteiger partial charge on any atom is 0.262 e. The molecule has 3 amide bonds. The van der Waals surface area contributed by atoms with E-state index >= 15 is 0 Å². The van der Waals surface area contributed by atoms with Crippen molar-refractivity contribution in [1.82, 2.24) is 9.88 Å². The number of nitrogens with one attached hydrogen (secondary N) is 1. The van der Waals surface area contributed by atoms with Gasteiger partial charge in [0.25, 0.3) is 11.8 Å². The molecule has 22 heavy (non-hydrogen) atoms. The molecule has 1 aromatic heterocycles. The molecular formula is C15H13N3O3S. The van der Waals surface area contributed by atoms with Crippen molar-refractivity contribution in [2.75, 3.05) is 5.32 Å². The SMILES string of the molecule is Cc1csc(NC(=O)C(C)N2C(=O)c3ccccc3C2=O)n1. The number of aromatic nitrogens is 1. The average Bonchev–Trinajstić information content (AvgIpc) is 3.01. The van der Waals surface area contributed by atoms with Crippen LogP contribution in [-0.2, 0) is 4.79 Å². The second-order valence-corrected chi connectivity index (χ2v) is 5.84. The van der Waals surface area contributed by atoms with Crippen LogP contribution in [0.15, 0.2) is 29.6 Å². The molecular weight excluding hydrogens is 302 g/mol. The molecule has 7 heteroatoms. The normalized spacial score (nSPS) is 14.9. The molecule has 0 fully saturated rings. The standard InChI is InChI=1S/C15H13N3O3S/c1-8-7-22-15(16-8)17-12(19)9(2)18-13(20)10-5-3-4-6-11(10)14(18)21/h3-7,9H,1-2H3,(H,16,17,19). The zero-order valence-corrected chi connectivity index (χ0v) is 12.8. The molecule has 1 aliphatic heterocycles. The van der Waals surface area contributed by atoms with Crippen LogP contribution < -0.4 is 5.32 Å². The van der Waals surface area contributed by atoms with Gasteiger partial charge in [-0.2, -0.15) is 0 Å². The zero-order valence-electron chi connectivity index (χ0n) is 12.0. The Labute approximate surface area is 130 Å². The van der Waals surface area contributed by atoms with Gasteiger partial charge in [0, 0.05) is 5.38 Å². The van der Waals surface area contributed by atoms with E-state index in [-0.39, 0.29) is 0 Å². The molecule has 1 aromatic carbocycles. The van der Waals surface area contributed by atoms with Gasteiger partial charge in [-0.1, -0.05) is 12.1 Å². The Balaban J connectivity index is 1.81. The van der Waals surface area contributed by atoms with Crippen LogP contribution >= 0.6 is 11.3 Å². The summed E-state index contributed by atoms with van der Waals surface area (Å²) >= 11 is 1.30. The number of anilines is 1. The van der Waals surface area contributed by atoms with Crippen LogP contribution in [0.5, 0.6) is 0 Å². The number of amides is 3. The van der Waals surface area contributed by atoms with E-state index in [1.54, 1.807) is 24.3 Å². The first-order valence-corrected chi connectivity index (χ1v) is 7.57. The van der Waals surface area contributed by atoms with Crippen molar-refractivity contribution in [3.05, 3.63) is 46.5 Å². The molecule has 0 radical (unpaired) electrons. The molecule has 112 valence electrons. The number of fused-ring (bicyclic) bond motifs is 1. The maximum absolute atomic E-state index is 12.3. The first kappa shape index (κ1) is 14.4. The second kappa shape index (κ2) is 5.34. The molecule has 1 unspecified atom stereocenters. The van der Waals surface area contributed by atoms with Crippen molar-refractivity contribution in [2.45, 2.75) is 19.9 Å². The molecule has 1 atom stereocenters. The highest BCUT2D eigenvalue weighted by Crippen LogP contribution is 2.25. The third kappa shape index (κ3) is 2.29. The number of thiazole rings is 1. The topological polar surface area (TPSA) is 79.4 Å². The van der Waals surface area contributed by atoms with Crippen LogP contribution in [0, 0.1) is 6.92 Å². The van der Waals surface area contributed by atoms with Gasteiger partial charge in [-0.05, 0) is 26.0 Å². The molecule has 0 bridgehead atoms. The number of hydrogen-bond acceptors (Lipinski definition) is 5. The number of benzene rings is 1. The number of nitrogens with zero attached hydrogens (tertiary/aromatic N) is 2. The molecule has 0 saturated heterocycles. The first-order chi connectivity index (χ1) is 10.5. The molecule has 0 saturated carbocycles. The Bertz CT molecular complexity index is 749. The Morgan fingerprint density at radius 3 is 2.32 bits per heavy atom. The second-order valence-electron chi connectivity index (χ2n) is 4.99. The molecule has 6 nitrogen and oxygen atoms in total. The number of carbonyl (C=O) groups excluding carboxylic acids is 3. The summed E-state index contributed by atoms with van der Waals surface area (Å²) in [6.45, 7) is 3.34. The van der Waals surface area contributed by atoms with Crippen LogP contribution in [0.4, 0.5) is 5.13 Å². The number of rotatable bonds is 3. The summed E-state index contributed by atoms with van der Waals surface area (Å²) in [5, 5.41) is 4.89. The smallest absolute Gasteiger partial charge is 0.262 e. The predicted octanol–water partition coefficient (Wildman–Crippen LogP) is 2.07. The highest BCUT2D eigenvalue weighted by molar-refractivity contribution is 7.13. The molecule has 1 aliphatic rings. The summed E-state index contributed by atoms with van der Waals surface area (Å²) in [6.07, 6.45) is 0. The molecule has 2 aromatic rings. The van der Waals surface area contributed by atoms with Crippen molar-refractivity contribution in [3.63, 3.8) is 0 Å². The summed E-state index contributed by atoms with van der Waals surface area (Å²) < 4.78 is 0. The van der Waals surface area contributed by atoms with Gasteiger partial charge < -0.3 is 5.32 Å². The largest absolute Gasteiger partial charge is 0.300 e. The van der Waals surface area contributed by atoms with Crippen LogP contribution in [-0.4, -0.2) is 33.6 Å². The van der Waals surface area contributed by atoms with E-state index in [4.69, 9.17) is 0 Å². The van der Waals surface area contributed by atoms with E-state index in [1.165, 1.54) is 18.3 Å². The van der Waals surface area contributed by atoms with E-state index in [9.17, 15) is 14.4 Å². The van der Waals surface area contributed by atoms with Crippen molar-refractivity contribution in [2.24, 2.45) is 0 Å². The predicted molar refractivity (Wildman–Crippen MR) is 81.9 cm³/mol. The van der Waals surface area contributed by atoms with Gasteiger partial charge in [-0.25, -0.2) is 4.98 Å². The van der Waals surface area contributed by atoms with Crippen molar-refractivity contribution < 1.29 is 14.4 Å². The number of carbonyl (C=O) groups is 3. The third-order valence-electron chi connectivity index (χ3n) is 3.44. The lowest BCUT2D eigenvalue weighted by Crippen LogP contribution is -2.45. The third-order valence-corrected chi connectivity index (χ3v) is 4.32. The van der Waals surface area contributed by atoms with Crippen molar-refractivity contribution in [1.29, 1.82) is 0 Å². The fourth-order valence-corrected chi connectivity index (χ4v) is 2.99. The summed E-state index contributed by atoms with van der Waals surface area (Å²) in [6, 6.07) is 5.65. The zero-order chi connectivity index (χ0) is 15.9. The minimum Gasteiger partial charge on any atom is -0.300 e. The first-order valence-electron chi connectivity index (χ1n) is 6.69. The molecule has 3 rings (SSSR count). The fraction of sp³-hybridized carbons (Fsp3) is 0.200. The van der Waals surface area contributed by atoms with E-state index in [1.807, 2.05) is 12.3 Å². The van der Waals surface area contributed by atoms with Crippen LogP contribution in [0.2, 0.25) is 0 Å². The van der Waals surface area contributed by atoms with Crippen molar-refractivity contribution in [3.8, 4) is 0 Å². The summed E-state index contributed by atoms with van der Waals surface area (Å²) in [7, 11) is 0. The summed E-state index contributed by atoms with van der Waals surface area (Å²) in [5.74, 6) is -1.33. The van der Waals surface area contributed by atoms with Gasteiger partial charge in [0.2, 0.25) is 5.91 Å². The lowest BCUT2D eigenvalue weighted by molar-refractivity contribution is -0.119. The Kier molecular flexibility index (Phi) is 3.50. The monoisotopic (exact) mass is 315 g/mol. The van der Waals surface area contributed by atoms with E-state index in [0.29, 0.717) is 16.3 Å². The molecule has 2 heterocycles. The van der Waals surface area contributed by atoms with E-state index in [2.05, 4.69) is 10.3 Å². The van der Waals surface area contributed by atoms with Crippen LogP contribution in [0.3, 0.4) is 0 Å². The fourth-order valence-electron chi connectivity index (χ4n) is 2.30. The van der Waals surface area contributed by atoms with Gasteiger partial charge in [0.1, 0.15) is 6.04 Å². The highest BCUT2D eigenvalue weighted by Gasteiger charge is 2.40. The Morgan fingerprint density at radius 2 is 1.82 bits per heavy atom. The van der Waals surface area contributed by atoms with Crippen molar-refractivity contribution >= 4 is 34.2 Å². The van der Waals surface area contributed by atoms with E-state index < -0.39 is 23.8 Å². The van der Waals surface area contributed by atoms with Gasteiger partial charge in [-0.3, -0.25) is 19.3 Å². The molecule has 0 aliphatic carbocycles. The Hall–Kier alpha value is -2.54. The molecule has 1 N–H and O–H groups in total. The van der Waals surface area contributed by atoms with Gasteiger partial charge >= 0.3 is 0 Å². The van der Waals surface area contributed by atoms with Gasteiger partial charge in [0.05, 0.1) is 16.8 Å². The minimum absolute atomic E-state index is 0.331. The van der Waals surface area contributed by atoms with Crippen LogP contribution in [0.1, 0.15) is 33.3 Å². The maximum atomic E-state index is 12.3.